The second-order valence-electron chi connectivity index (χ2n) is 3.49. The third-order valence-corrected chi connectivity index (χ3v) is 1.86. The first-order chi connectivity index (χ1) is 5.46. The van der Waals surface area contributed by atoms with Crippen LogP contribution < -0.4 is 0 Å². The number of rotatable bonds is 2. The molecule has 12 heavy (non-hydrogen) atoms. The van der Waals surface area contributed by atoms with Crippen LogP contribution in [0.3, 0.4) is 0 Å². The van der Waals surface area contributed by atoms with E-state index in [2.05, 4.69) is 0 Å². The van der Waals surface area contributed by atoms with Gasteiger partial charge in [-0.25, -0.2) is 19.4 Å². The molecule has 0 aliphatic carbocycles. The van der Waals surface area contributed by atoms with Crippen LogP contribution in [0.4, 0.5) is 9.59 Å². The number of imide groups is 2. The van der Waals surface area contributed by atoms with E-state index in [1.54, 1.807) is 0 Å². The van der Waals surface area contributed by atoms with E-state index in [1.165, 1.54) is 9.80 Å². The highest BCUT2D eigenvalue weighted by atomic mass is 16.2. The predicted octanol–water partition coefficient (Wildman–Crippen LogP) is 1.66. The molecule has 0 atom stereocenters. The van der Waals surface area contributed by atoms with Gasteiger partial charge in [-0.15, -0.1) is 0 Å². The first-order valence-electron chi connectivity index (χ1n) is 4.13. The fraction of sp³-hybridized carbons (Fsp3) is 0.750. The molecule has 4 heteroatoms. The van der Waals surface area contributed by atoms with E-state index < -0.39 is 0 Å². The van der Waals surface area contributed by atoms with Gasteiger partial charge in [0, 0.05) is 12.1 Å². The van der Waals surface area contributed by atoms with Crippen LogP contribution in [-0.2, 0) is 0 Å². The van der Waals surface area contributed by atoms with Crippen molar-refractivity contribution in [3.63, 3.8) is 0 Å². The maximum Gasteiger partial charge on any atom is 0.336 e. The number of hydrogen-bond donors (Lipinski definition) is 0. The average Bonchev–Trinajstić information content (AvgIpc) is 1.84. The number of carbonyl (C=O) groups is 2. The fourth-order valence-corrected chi connectivity index (χ4v) is 1.23. The smallest absolute Gasteiger partial charge is 0.247 e. The summed E-state index contributed by atoms with van der Waals surface area (Å²) in [6, 6.07) is -0.407. The molecular formula is C8H14N2O2. The van der Waals surface area contributed by atoms with Crippen LogP contribution in [0.1, 0.15) is 27.7 Å². The Bertz CT molecular complexity index is 187. The van der Waals surface area contributed by atoms with Crippen LogP contribution >= 0.6 is 0 Å². The molecule has 4 nitrogen and oxygen atoms in total. The normalized spacial score (nSPS) is 17.8. The van der Waals surface area contributed by atoms with Crippen molar-refractivity contribution < 1.29 is 9.59 Å². The Morgan fingerprint density at radius 1 is 0.833 bits per heavy atom. The lowest BCUT2D eigenvalue weighted by atomic mass is 10.2. The molecule has 1 heterocycles. The Kier molecular flexibility index (Phi) is 2.08. The number of hydrogen-bond acceptors (Lipinski definition) is 2. The van der Waals surface area contributed by atoms with Gasteiger partial charge in [0.1, 0.15) is 0 Å². The van der Waals surface area contributed by atoms with E-state index in [0.29, 0.717) is 0 Å². The van der Waals surface area contributed by atoms with Gasteiger partial charge in [-0.05, 0) is 27.7 Å². The van der Waals surface area contributed by atoms with Gasteiger partial charge in [-0.2, -0.15) is 0 Å². The minimum atomic E-state index is -0.176. The summed E-state index contributed by atoms with van der Waals surface area (Å²) < 4.78 is 0. The van der Waals surface area contributed by atoms with Crippen molar-refractivity contribution >= 4 is 12.1 Å². The highest BCUT2D eigenvalue weighted by Gasteiger charge is 2.46. The Morgan fingerprint density at radius 2 is 1.08 bits per heavy atom. The minimum Gasteiger partial charge on any atom is -0.247 e. The van der Waals surface area contributed by atoms with Crippen molar-refractivity contribution in [2.24, 2.45) is 0 Å². The van der Waals surface area contributed by atoms with Crippen molar-refractivity contribution in [2.75, 3.05) is 0 Å². The van der Waals surface area contributed by atoms with Crippen LogP contribution in [-0.4, -0.2) is 33.9 Å². The first-order valence-corrected chi connectivity index (χ1v) is 4.13. The third-order valence-electron chi connectivity index (χ3n) is 1.86. The van der Waals surface area contributed by atoms with Gasteiger partial charge in [-0.1, -0.05) is 0 Å². The zero-order chi connectivity index (χ0) is 9.46. The third kappa shape index (κ3) is 1.07. The molecular weight excluding hydrogens is 156 g/mol. The highest BCUT2D eigenvalue weighted by Crippen LogP contribution is 2.21. The largest absolute Gasteiger partial charge is 0.336 e. The molecule has 0 aromatic rings. The van der Waals surface area contributed by atoms with Gasteiger partial charge in [0.05, 0.1) is 0 Å². The molecule has 1 aliphatic rings. The van der Waals surface area contributed by atoms with Gasteiger partial charge in [0.15, 0.2) is 0 Å². The second kappa shape index (κ2) is 2.77. The van der Waals surface area contributed by atoms with Gasteiger partial charge < -0.3 is 0 Å². The number of carbonyl (C=O) groups excluding carboxylic acids is 2. The van der Waals surface area contributed by atoms with Crippen molar-refractivity contribution in [3.05, 3.63) is 0 Å². The Morgan fingerprint density at radius 3 is 1.25 bits per heavy atom. The number of urea groups is 2. The van der Waals surface area contributed by atoms with Crippen molar-refractivity contribution in [1.29, 1.82) is 0 Å². The van der Waals surface area contributed by atoms with E-state index >= 15 is 0 Å². The van der Waals surface area contributed by atoms with E-state index in [0.717, 1.165) is 0 Å². The quantitative estimate of drug-likeness (QED) is 0.632. The van der Waals surface area contributed by atoms with Gasteiger partial charge in [-0.3, -0.25) is 0 Å². The molecule has 0 aromatic heterocycles. The molecule has 0 radical (unpaired) electrons. The molecule has 0 saturated carbocycles. The van der Waals surface area contributed by atoms with Crippen LogP contribution in [0.5, 0.6) is 0 Å². The molecule has 68 valence electrons. The maximum atomic E-state index is 11.3. The molecule has 1 saturated heterocycles. The van der Waals surface area contributed by atoms with Crippen molar-refractivity contribution in [2.45, 2.75) is 39.8 Å². The van der Waals surface area contributed by atoms with Crippen LogP contribution in [0, 0.1) is 0 Å². The van der Waals surface area contributed by atoms with Crippen LogP contribution in [0.15, 0.2) is 0 Å². The molecule has 0 bridgehead atoms. The molecule has 0 aromatic carbocycles. The topological polar surface area (TPSA) is 40.6 Å². The highest BCUT2D eigenvalue weighted by molar-refractivity contribution is 6.12. The summed E-state index contributed by atoms with van der Waals surface area (Å²) in [6.45, 7) is 7.31. The Balaban J connectivity index is 2.69. The van der Waals surface area contributed by atoms with E-state index in [9.17, 15) is 9.59 Å². The lowest BCUT2D eigenvalue weighted by Crippen LogP contribution is -2.67. The van der Waals surface area contributed by atoms with Crippen molar-refractivity contribution in [1.82, 2.24) is 9.80 Å². The lowest BCUT2D eigenvalue weighted by molar-refractivity contribution is 0.0827. The SMILES string of the molecule is CC(C)N1C(=O)N(C(C)C)C1=O. The summed E-state index contributed by atoms with van der Waals surface area (Å²) in [6.07, 6.45) is 0. The van der Waals surface area contributed by atoms with Crippen molar-refractivity contribution in [3.8, 4) is 0 Å². The minimum absolute atomic E-state index is 0.0278. The monoisotopic (exact) mass is 170 g/mol. The van der Waals surface area contributed by atoms with E-state index in [1.807, 2.05) is 27.7 Å². The van der Waals surface area contributed by atoms with E-state index in [4.69, 9.17) is 0 Å². The summed E-state index contributed by atoms with van der Waals surface area (Å²) in [5.74, 6) is 0. The zero-order valence-electron chi connectivity index (χ0n) is 7.87. The predicted molar refractivity (Wildman–Crippen MR) is 44.7 cm³/mol. The first kappa shape index (κ1) is 9.03. The van der Waals surface area contributed by atoms with Gasteiger partial charge in [0.2, 0.25) is 0 Å². The number of nitrogens with zero attached hydrogens (tertiary/aromatic N) is 2. The van der Waals surface area contributed by atoms with Crippen LogP contribution in [0.25, 0.3) is 0 Å². The molecule has 0 unspecified atom stereocenters. The Labute approximate surface area is 72.1 Å². The molecule has 0 N–H and O–H groups in total. The summed E-state index contributed by atoms with van der Waals surface area (Å²) in [5.41, 5.74) is 0. The maximum absolute atomic E-state index is 11.3. The molecule has 4 amide bonds. The van der Waals surface area contributed by atoms with Crippen LogP contribution in [0.2, 0.25) is 0 Å². The second-order valence-corrected chi connectivity index (χ2v) is 3.49. The molecule has 1 aliphatic heterocycles. The van der Waals surface area contributed by atoms with E-state index in [-0.39, 0.29) is 24.1 Å². The summed E-state index contributed by atoms with van der Waals surface area (Å²) >= 11 is 0. The zero-order valence-corrected chi connectivity index (χ0v) is 7.87. The summed E-state index contributed by atoms with van der Waals surface area (Å²) in [4.78, 5) is 25.1. The summed E-state index contributed by atoms with van der Waals surface area (Å²) in [5, 5.41) is 0. The lowest BCUT2D eigenvalue weighted by Gasteiger charge is -2.43. The fourth-order valence-electron chi connectivity index (χ4n) is 1.23. The molecule has 1 rings (SSSR count). The standard InChI is InChI=1S/C8H14N2O2/c1-5(2)9-7(11)10(6(3)4)8(9)12/h5-6H,1-4H3. The molecule has 1 fully saturated rings. The Hall–Kier alpha value is -1.06. The average molecular weight is 170 g/mol. The van der Waals surface area contributed by atoms with Gasteiger partial charge in [0.25, 0.3) is 0 Å². The summed E-state index contributed by atoms with van der Waals surface area (Å²) in [7, 11) is 0. The van der Waals surface area contributed by atoms with Gasteiger partial charge >= 0.3 is 12.1 Å². The molecule has 0 spiro atoms. The number of amides is 4.